The quantitative estimate of drug-likeness (QED) is 0.697. The minimum absolute atomic E-state index is 0.131. The first-order chi connectivity index (χ1) is 11.7. The Balaban J connectivity index is 1.48. The molecule has 0 aliphatic heterocycles. The highest BCUT2D eigenvalue weighted by Gasteiger charge is 2.26. The third kappa shape index (κ3) is 3.09. The van der Waals surface area contributed by atoms with Gasteiger partial charge in [0.15, 0.2) is 10.3 Å². The molecule has 1 aliphatic carbocycles. The lowest BCUT2D eigenvalue weighted by molar-refractivity contribution is 0.102. The summed E-state index contributed by atoms with van der Waals surface area (Å²) in [4.78, 5) is 21.1. The molecule has 1 N–H and O–H groups in total. The van der Waals surface area contributed by atoms with Crippen LogP contribution in [-0.2, 0) is 0 Å². The summed E-state index contributed by atoms with van der Waals surface area (Å²) < 4.78 is 2.00. The average molecular weight is 356 g/mol. The first-order valence-electron chi connectivity index (χ1n) is 7.69. The van der Waals surface area contributed by atoms with Gasteiger partial charge in [-0.1, -0.05) is 11.8 Å². The summed E-state index contributed by atoms with van der Waals surface area (Å²) in [5, 5.41) is 6.51. The van der Waals surface area contributed by atoms with Crippen molar-refractivity contribution in [2.75, 3.05) is 11.6 Å². The second-order valence-corrected chi connectivity index (χ2v) is 7.27. The standard InChI is InChI=1S/C17H16N4OS2/c1-23-17-18-8-9-21(17)13-6-4-12(5-7-13)15(22)20-16-19-14(10-24-16)11-2-3-11/h4-11H,2-3H2,1H3,(H,19,20,22). The number of hydrogen-bond donors (Lipinski definition) is 1. The van der Waals surface area contributed by atoms with Gasteiger partial charge in [-0.25, -0.2) is 9.97 Å². The van der Waals surface area contributed by atoms with Crippen LogP contribution in [-0.4, -0.2) is 26.7 Å². The van der Waals surface area contributed by atoms with Crippen molar-refractivity contribution in [2.45, 2.75) is 23.9 Å². The Labute approximate surface area is 148 Å². The maximum Gasteiger partial charge on any atom is 0.257 e. The number of carbonyl (C=O) groups is 1. The topological polar surface area (TPSA) is 59.8 Å². The number of nitrogens with zero attached hydrogens (tertiary/aromatic N) is 3. The van der Waals surface area contributed by atoms with Crippen molar-refractivity contribution in [1.82, 2.24) is 14.5 Å². The molecular formula is C17H16N4OS2. The van der Waals surface area contributed by atoms with E-state index >= 15 is 0 Å². The Bertz CT molecular complexity index is 865. The lowest BCUT2D eigenvalue weighted by Gasteiger charge is -2.07. The molecule has 3 aromatic rings. The third-order valence-corrected chi connectivity index (χ3v) is 5.38. The van der Waals surface area contributed by atoms with Crippen molar-refractivity contribution in [1.29, 1.82) is 0 Å². The molecule has 0 spiro atoms. The fourth-order valence-electron chi connectivity index (χ4n) is 2.49. The monoisotopic (exact) mass is 356 g/mol. The third-order valence-electron chi connectivity index (χ3n) is 3.94. The molecule has 7 heteroatoms. The first-order valence-corrected chi connectivity index (χ1v) is 9.79. The summed E-state index contributed by atoms with van der Waals surface area (Å²) in [7, 11) is 0. The average Bonchev–Trinajstić information content (AvgIpc) is 3.17. The molecule has 1 aromatic carbocycles. The number of thioether (sulfide) groups is 1. The highest BCUT2D eigenvalue weighted by Crippen LogP contribution is 2.40. The number of imidazole rings is 1. The van der Waals surface area contributed by atoms with E-state index < -0.39 is 0 Å². The summed E-state index contributed by atoms with van der Waals surface area (Å²) in [5.74, 6) is 0.473. The molecule has 122 valence electrons. The van der Waals surface area contributed by atoms with E-state index in [2.05, 4.69) is 15.3 Å². The predicted molar refractivity (Wildman–Crippen MR) is 97.4 cm³/mol. The van der Waals surface area contributed by atoms with Gasteiger partial charge in [-0.15, -0.1) is 11.3 Å². The van der Waals surface area contributed by atoms with Crippen LogP contribution in [0.25, 0.3) is 5.69 Å². The first kappa shape index (κ1) is 15.4. The maximum atomic E-state index is 12.4. The number of anilines is 1. The van der Waals surface area contributed by atoms with E-state index in [9.17, 15) is 4.79 Å². The normalized spacial score (nSPS) is 13.9. The summed E-state index contributed by atoms with van der Waals surface area (Å²) in [6, 6.07) is 7.50. The van der Waals surface area contributed by atoms with E-state index in [4.69, 9.17) is 0 Å². The van der Waals surface area contributed by atoms with Crippen LogP contribution in [0, 0.1) is 0 Å². The van der Waals surface area contributed by atoms with Crippen LogP contribution in [0.5, 0.6) is 0 Å². The van der Waals surface area contributed by atoms with Crippen LogP contribution in [0.1, 0.15) is 34.8 Å². The molecule has 1 aliphatic rings. The van der Waals surface area contributed by atoms with Crippen LogP contribution in [0.4, 0.5) is 5.13 Å². The van der Waals surface area contributed by atoms with Gasteiger partial charge < -0.3 is 0 Å². The van der Waals surface area contributed by atoms with Crippen LogP contribution in [0.3, 0.4) is 0 Å². The Kier molecular flexibility index (Phi) is 4.12. The molecule has 1 amide bonds. The van der Waals surface area contributed by atoms with Crippen LogP contribution >= 0.6 is 23.1 Å². The van der Waals surface area contributed by atoms with E-state index in [1.54, 1.807) is 18.0 Å². The number of benzene rings is 1. The van der Waals surface area contributed by atoms with Gasteiger partial charge in [-0.3, -0.25) is 14.7 Å². The van der Waals surface area contributed by atoms with E-state index in [1.807, 2.05) is 46.7 Å². The number of amides is 1. The molecule has 0 radical (unpaired) electrons. The van der Waals surface area contributed by atoms with Crippen molar-refractivity contribution < 1.29 is 4.79 Å². The van der Waals surface area contributed by atoms with E-state index in [-0.39, 0.29) is 5.91 Å². The zero-order chi connectivity index (χ0) is 16.5. The molecule has 2 aromatic heterocycles. The second-order valence-electron chi connectivity index (χ2n) is 5.64. The number of nitrogens with one attached hydrogen (secondary N) is 1. The number of rotatable bonds is 5. The number of thiazole rings is 1. The molecule has 4 rings (SSSR count). The number of carbonyl (C=O) groups excluding carboxylic acids is 1. The molecule has 5 nitrogen and oxygen atoms in total. The van der Waals surface area contributed by atoms with Gasteiger partial charge in [0, 0.05) is 34.9 Å². The molecule has 0 saturated heterocycles. The molecule has 1 saturated carbocycles. The lowest BCUT2D eigenvalue weighted by atomic mass is 10.2. The molecule has 0 atom stereocenters. The molecule has 1 fully saturated rings. The predicted octanol–water partition coefficient (Wildman–Crippen LogP) is 4.18. The van der Waals surface area contributed by atoms with Crippen molar-refractivity contribution in [3.05, 3.63) is 53.3 Å². The van der Waals surface area contributed by atoms with Gasteiger partial charge >= 0.3 is 0 Å². The highest BCUT2D eigenvalue weighted by molar-refractivity contribution is 7.98. The Morgan fingerprint density at radius 2 is 2.12 bits per heavy atom. The summed E-state index contributed by atoms with van der Waals surface area (Å²) in [6.07, 6.45) is 8.10. The SMILES string of the molecule is CSc1nccn1-c1ccc(C(=O)Nc2nc(C3CC3)cs2)cc1. The van der Waals surface area contributed by atoms with Crippen molar-refractivity contribution >= 4 is 34.1 Å². The van der Waals surface area contributed by atoms with Crippen LogP contribution in [0.15, 0.2) is 47.2 Å². The minimum atomic E-state index is -0.131. The molecule has 24 heavy (non-hydrogen) atoms. The van der Waals surface area contributed by atoms with Gasteiger partial charge in [0.25, 0.3) is 5.91 Å². The summed E-state index contributed by atoms with van der Waals surface area (Å²) >= 11 is 3.07. The van der Waals surface area contributed by atoms with Crippen LogP contribution < -0.4 is 5.32 Å². The fourth-order valence-corrected chi connectivity index (χ4v) is 3.81. The summed E-state index contributed by atoms with van der Waals surface area (Å²) in [6.45, 7) is 0. The number of aromatic nitrogens is 3. The fraction of sp³-hybridized carbons (Fsp3) is 0.235. The van der Waals surface area contributed by atoms with Gasteiger partial charge in [0.05, 0.1) is 5.69 Å². The molecule has 0 unspecified atom stereocenters. The minimum Gasteiger partial charge on any atom is -0.298 e. The Morgan fingerprint density at radius 1 is 1.33 bits per heavy atom. The smallest absolute Gasteiger partial charge is 0.257 e. The zero-order valence-corrected chi connectivity index (χ0v) is 14.7. The van der Waals surface area contributed by atoms with Gasteiger partial charge in [0.2, 0.25) is 0 Å². The maximum absolute atomic E-state index is 12.4. The zero-order valence-electron chi connectivity index (χ0n) is 13.1. The van der Waals surface area contributed by atoms with Crippen molar-refractivity contribution in [3.8, 4) is 5.69 Å². The molecular weight excluding hydrogens is 340 g/mol. The van der Waals surface area contributed by atoms with E-state index in [0.29, 0.717) is 16.6 Å². The van der Waals surface area contributed by atoms with Crippen molar-refractivity contribution in [2.24, 2.45) is 0 Å². The van der Waals surface area contributed by atoms with E-state index in [1.165, 1.54) is 24.2 Å². The Morgan fingerprint density at radius 3 is 2.83 bits per heavy atom. The van der Waals surface area contributed by atoms with Gasteiger partial charge in [-0.05, 0) is 43.4 Å². The highest BCUT2D eigenvalue weighted by atomic mass is 32.2. The van der Waals surface area contributed by atoms with Crippen LogP contribution in [0.2, 0.25) is 0 Å². The largest absolute Gasteiger partial charge is 0.298 e. The molecule has 2 heterocycles. The van der Waals surface area contributed by atoms with Crippen molar-refractivity contribution in [3.63, 3.8) is 0 Å². The van der Waals surface area contributed by atoms with Gasteiger partial charge in [-0.2, -0.15) is 0 Å². The molecule has 0 bridgehead atoms. The van der Waals surface area contributed by atoms with E-state index in [0.717, 1.165) is 16.5 Å². The number of hydrogen-bond acceptors (Lipinski definition) is 5. The second kappa shape index (κ2) is 6.41. The lowest BCUT2D eigenvalue weighted by Crippen LogP contribution is -2.11. The summed E-state index contributed by atoms with van der Waals surface area (Å²) in [5.41, 5.74) is 2.71. The Hall–Kier alpha value is -2.12. The van der Waals surface area contributed by atoms with Gasteiger partial charge in [0.1, 0.15) is 0 Å².